The lowest BCUT2D eigenvalue weighted by Crippen LogP contribution is -2.13. The van der Waals surface area contributed by atoms with Crippen LogP contribution in [0.15, 0.2) is 59.8 Å². The van der Waals surface area contributed by atoms with E-state index in [-0.39, 0.29) is 4.90 Å². The van der Waals surface area contributed by atoms with Crippen LogP contribution in [0.3, 0.4) is 0 Å². The summed E-state index contributed by atoms with van der Waals surface area (Å²) in [6, 6.07) is 11.1. The topological polar surface area (TPSA) is 89.8 Å². The molecule has 0 saturated carbocycles. The molecule has 0 amide bonds. The van der Waals surface area contributed by atoms with E-state index < -0.39 is 15.8 Å². The van der Waals surface area contributed by atoms with Crippen molar-refractivity contribution in [1.82, 2.24) is 20.2 Å². The van der Waals surface area contributed by atoms with Gasteiger partial charge in [0.05, 0.1) is 10.6 Å². The van der Waals surface area contributed by atoms with Crippen LogP contribution in [0.25, 0.3) is 5.69 Å². The van der Waals surface area contributed by atoms with Gasteiger partial charge in [-0.25, -0.2) is 17.5 Å². The molecule has 0 aliphatic heterocycles. The molecule has 1 N–H and O–H groups in total. The molecule has 3 aromatic rings. The zero-order chi connectivity index (χ0) is 15.6. The Kier molecular flexibility index (Phi) is 3.55. The van der Waals surface area contributed by atoms with Gasteiger partial charge in [0.25, 0.3) is 10.0 Å². The first-order valence-corrected chi connectivity index (χ1v) is 7.65. The quantitative estimate of drug-likeness (QED) is 0.789. The van der Waals surface area contributed by atoms with Gasteiger partial charge in [-0.1, -0.05) is 0 Å². The Bertz CT molecular complexity index is 862. The normalized spacial score (nSPS) is 11.3. The first-order valence-electron chi connectivity index (χ1n) is 6.16. The summed E-state index contributed by atoms with van der Waals surface area (Å²) in [6.45, 7) is 0. The van der Waals surface area contributed by atoms with Crippen LogP contribution in [-0.4, -0.2) is 28.6 Å². The summed E-state index contributed by atoms with van der Waals surface area (Å²) in [5, 5.41) is 10.8. The largest absolute Gasteiger partial charge is 0.280 e. The SMILES string of the molecule is O=S(=O)(Nc1ccc(-n2cnnn2)cc1)c1ccc(F)cc1. The van der Waals surface area contributed by atoms with Crippen molar-refractivity contribution < 1.29 is 12.8 Å². The maximum atomic E-state index is 12.8. The Labute approximate surface area is 125 Å². The Morgan fingerprint density at radius 1 is 1.00 bits per heavy atom. The molecule has 7 nitrogen and oxygen atoms in total. The van der Waals surface area contributed by atoms with Crippen LogP contribution in [-0.2, 0) is 10.0 Å². The lowest BCUT2D eigenvalue weighted by molar-refractivity contribution is 0.599. The van der Waals surface area contributed by atoms with E-state index in [1.165, 1.54) is 23.1 Å². The smallest absolute Gasteiger partial charge is 0.261 e. The summed E-state index contributed by atoms with van der Waals surface area (Å²) in [5.74, 6) is -0.496. The zero-order valence-corrected chi connectivity index (χ0v) is 11.9. The van der Waals surface area contributed by atoms with Gasteiger partial charge in [-0.05, 0) is 59.0 Å². The third-order valence-electron chi connectivity index (χ3n) is 2.86. The highest BCUT2D eigenvalue weighted by Crippen LogP contribution is 2.17. The highest BCUT2D eigenvalue weighted by Gasteiger charge is 2.14. The summed E-state index contributed by atoms with van der Waals surface area (Å²) in [6.07, 6.45) is 1.43. The Hall–Kier alpha value is -2.81. The molecular formula is C13H10FN5O2S. The average molecular weight is 319 g/mol. The number of halogens is 1. The van der Waals surface area contributed by atoms with Crippen LogP contribution in [0.4, 0.5) is 10.1 Å². The van der Waals surface area contributed by atoms with E-state index in [0.717, 1.165) is 12.1 Å². The third-order valence-corrected chi connectivity index (χ3v) is 4.25. The number of anilines is 1. The van der Waals surface area contributed by atoms with Crippen LogP contribution in [0.2, 0.25) is 0 Å². The van der Waals surface area contributed by atoms with Crippen molar-refractivity contribution in [3.05, 3.63) is 60.7 Å². The summed E-state index contributed by atoms with van der Waals surface area (Å²) in [4.78, 5) is -0.0153. The number of benzene rings is 2. The van der Waals surface area contributed by atoms with Crippen molar-refractivity contribution in [3.63, 3.8) is 0 Å². The van der Waals surface area contributed by atoms with Gasteiger partial charge >= 0.3 is 0 Å². The minimum Gasteiger partial charge on any atom is -0.280 e. The molecule has 0 saturated heterocycles. The van der Waals surface area contributed by atoms with Gasteiger partial charge in [0.1, 0.15) is 12.1 Å². The molecule has 0 spiro atoms. The summed E-state index contributed by atoms with van der Waals surface area (Å²) in [5.41, 5.74) is 1.07. The Morgan fingerprint density at radius 2 is 1.68 bits per heavy atom. The van der Waals surface area contributed by atoms with Gasteiger partial charge in [-0.2, -0.15) is 0 Å². The summed E-state index contributed by atoms with van der Waals surface area (Å²) in [7, 11) is -3.76. The maximum absolute atomic E-state index is 12.8. The van der Waals surface area contributed by atoms with E-state index in [1.807, 2.05) is 0 Å². The summed E-state index contributed by atoms with van der Waals surface area (Å²) >= 11 is 0. The summed E-state index contributed by atoms with van der Waals surface area (Å²) < 4.78 is 41.0. The second kappa shape index (κ2) is 5.53. The standard InChI is InChI=1S/C13H10FN5O2S/c14-10-1-7-13(8-2-10)22(20,21)16-11-3-5-12(6-4-11)19-9-15-17-18-19/h1-9,16H. The highest BCUT2D eigenvalue weighted by atomic mass is 32.2. The van der Waals surface area contributed by atoms with Gasteiger partial charge < -0.3 is 0 Å². The predicted octanol–water partition coefficient (Wildman–Crippen LogP) is 1.60. The van der Waals surface area contributed by atoms with Crippen molar-refractivity contribution >= 4 is 15.7 Å². The van der Waals surface area contributed by atoms with Crippen molar-refractivity contribution in [2.24, 2.45) is 0 Å². The number of aromatic nitrogens is 4. The molecule has 3 rings (SSSR count). The van der Waals surface area contributed by atoms with Crippen LogP contribution in [0.5, 0.6) is 0 Å². The number of tetrazole rings is 1. The van der Waals surface area contributed by atoms with Crippen molar-refractivity contribution in [2.75, 3.05) is 4.72 Å². The average Bonchev–Trinajstić information content (AvgIpc) is 3.02. The van der Waals surface area contributed by atoms with E-state index in [0.29, 0.717) is 11.4 Å². The van der Waals surface area contributed by atoms with Crippen LogP contribution in [0.1, 0.15) is 0 Å². The molecule has 0 unspecified atom stereocenters. The van der Waals surface area contributed by atoms with Crippen LogP contribution in [0, 0.1) is 5.82 Å². The number of rotatable bonds is 4. The molecule has 0 radical (unpaired) electrons. The molecule has 0 aliphatic rings. The van der Waals surface area contributed by atoms with Gasteiger partial charge in [0.2, 0.25) is 0 Å². The minimum absolute atomic E-state index is 0.0153. The number of hydrogen-bond donors (Lipinski definition) is 1. The van der Waals surface area contributed by atoms with Crippen molar-refractivity contribution in [3.8, 4) is 5.69 Å². The van der Waals surface area contributed by atoms with Crippen LogP contribution < -0.4 is 4.72 Å². The molecule has 9 heteroatoms. The molecule has 112 valence electrons. The maximum Gasteiger partial charge on any atom is 0.261 e. The first-order chi connectivity index (χ1) is 10.5. The molecule has 0 fully saturated rings. The highest BCUT2D eigenvalue weighted by molar-refractivity contribution is 7.92. The van der Waals surface area contributed by atoms with Crippen LogP contribution >= 0.6 is 0 Å². The number of sulfonamides is 1. The number of nitrogens with zero attached hydrogens (tertiary/aromatic N) is 4. The Morgan fingerprint density at radius 3 is 2.27 bits per heavy atom. The van der Waals surface area contributed by atoms with Gasteiger partial charge in [-0.3, -0.25) is 4.72 Å². The van der Waals surface area contributed by atoms with Crippen molar-refractivity contribution in [2.45, 2.75) is 4.90 Å². The molecule has 0 atom stereocenters. The second-order valence-corrected chi connectivity index (χ2v) is 6.04. The van der Waals surface area contributed by atoms with Gasteiger partial charge in [-0.15, -0.1) is 5.10 Å². The van der Waals surface area contributed by atoms with Crippen molar-refractivity contribution in [1.29, 1.82) is 0 Å². The van der Waals surface area contributed by atoms with Gasteiger partial charge in [0.15, 0.2) is 0 Å². The van der Waals surface area contributed by atoms with E-state index in [2.05, 4.69) is 20.2 Å². The molecule has 22 heavy (non-hydrogen) atoms. The molecule has 0 aliphatic carbocycles. The predicted molar refractivity (Wildman–Crippen MR) is 76.4 cm³/mol. The lowest BCUT2D eigenvalue weighted by atomic mass is 10.3. The van der Waals surface area contributed by atoms with E-state index in [1.54, 1.807) is 24.3 Å². The third kappa shape index (κ3) is 2.93. The number of nitrogens with one attached hydrogen (secondary N) is 1. The second-order valence-electron chi connectivity index (χ2n) is 4.36. The fraction of sp³-hybridized carbons (Fsp3) is 0. The zero-order valence-electron chi connectivity index (χ0n) is 11.1. The molecular weight excluding hydrogens is 309 g/mol. The number of hydrogen-bond acceptors (Lipinski definition) is 5. The van der Waals surface area contributed by atoms with Gasteiger partial charge in [0, 0.05) is 5.69 Å². The molecule has 0 bridgehead atoms. The first kappa shape index (κ1) is 14.1. The lowest BCUT2D eigenvalue weighted by Gasteiger charge is -2.08. The fourth-order valence-electron chi connectivity index (χ4n) is 1.79. The minimum atomic E-state index is -3.76. The Balaban J connectivity index is 1.82. The molecule has 1 heterocycles. The molecule has 1 aromatic heterocycles. The molecule has 2 aromatic carbocycles. The van der Waals surface area contributed by atoms with E-state index >= 15 is 0 Å². The monoisotopic (exact) mass is 319 g/mol. The van der Waals surface area contributed by atoms with E-state index in [9.17, 15) is 12.8 Å². The van der Waals surface area contributed by atoms with E-state index in [4.69, 9.17) is 0 Å². The fourth-order valence-corrected chi connectivity index (χ4v) is 2.85.